The summed E-state index contributed by atoms with van der Waals surface area (Å²) in [6.07, 6.45) is 20.0. The van der Waals surface area contributed by atoms with Crippen molar-refractivity contribution in [1.82, 2.24) is 0 Å². The van der Waals surface area contributed by atoms with Gasteiger partial charge < -0.3 is 38.7 Å². The van der Waals surface area contributed by atoms with Crippen LogP contribution in [0.1, 0.15) is 26.7 Å². The van der Waals surface area contributed by atoms with E-state index in [0.29, 0.717) is 0 Å². The van der Waals surface area contributed by atoms with Crippen LogP contribution in [0, 0.1) is 26.0 Å². The number of rotatable bonds is 0. The predicted octanol–water partition coefficient (Wildman–Crippen LogP) is -2.08. The van der Waals surface area contributed by atoms with Crippen LogP contribution < -0.4 is 24.8 Å². The molecular formula is C14H20Cl2MgZr. The SMILES string of the molecule is [C-]1=CC=CC1.[C-]1=CC=CC1.[CH2-]C.[CH2-]C.[Cl-].[Cl-].[Mg+2].[Zr+4]. The van der Waals surface area contributed by atoms with E-state index in [1.807, 2.05) is 24.3 Å². The van der Waals surface area contributed by atoms with Gasteiger partial charge in [0.15, 0.2) is 0 Å². The van der Waals surface area contributed by atoms with Gasteiger partial charge in [0.1, 0.15) is 0 Å². The van der Waals surface area contributed by atoms with E-state index < -0.39 is 0 Å². The Balaban J connectivity index is -0.0000000268. The molecule has 18 heavy (non-hydrogen) atoms. The molecule has 0 saturated carbocycles. The number of halogens is 2. The molecule has 0 atom stereocenters. The molecule has 0 aromatic heterocycles. The van der Waals surface area contributed by atoms with Gasteiger partial charge in [-0.15, -0.1) is 12.8 Å². The van der Waals surface area contributed by atoms with E-state index in [0.717, 1.165) is 12.8 Å². The van der Waals surface area contributed by atoms with Crippen LogP contribution in [-0.4, -0.2) is 23.1 Å². The third-order valence-electron chi connectivity index (χ3n) is 1.17. The Hall–Kier alpha value is 1.19. The quantitative estimate of drug-likeness (QED) is 0.337. The molecule has 0 aromatic carbocycles. The van der Waals surface area contributed by atoms with Gasteiger partial charge in [-0.1, -0.05) is 0 Å². The third-order valence-corrected chi connectivity index (χ3v) is 1.17. The summed E-state index contributed by atoms with van der Waals surface area (Å²) in [6.45, 7) is 10.0. The van der Waals surface area contributed by atoms with Gasteiger partial charge in [0.05, 0.1) is 0 Å². The second-order valence-corrected chi connectivity index (χ2v) is 2.01. The van der Waals surface area contributed by atoms with Crippen molar-refractivity contribution in [2.45, 2.75) is 26.7 Å². The van der Waals surface area contributed by atoms with Crippen LogP contribution in [0.3, 0.4) is 0 Å². The van der Waals surface area contributed by atoms with Gasteiger partial charge in [-0.05, 0) is 0 Å². The molecule has 2 aliphatic carbocycles. The molecule has 0 aromatic rings. The van der Waals surface area contributed by atoms with Gasteiger partial charge >= 0.3 is 49.3 Å². The first-order valence-corrected chi connectivity index (χ1v) is 4.85. The molecular weight excluding hydrogens is 355 g/mol. The minimum atomic E-state index is 0. The molecule has 0 unspecified atom stereocenters. The van der Waals surface area contributed by atoms with Crippen molar-refractivity contribution in [3.05, 3.63) is 62.5 Å². The molecule has 0 N–H and O–H groups in total. The average Bonchev–Trinajstić information content (AvgIpc) is 3.01. The summed E-state index contributed by atoms with van der Waals surface area (Å²) in [5.41, 5.74) is 0. The fourth-order valence-corrected chi connectivity index (χ4v) is 0.680. The van der Waals surface area contributed by atoms with Gasteiger partial charge in [0.25, 0.3) is 0 Å². The van der Waals surface area contributed by atoms with E-state index in [4.69, 9.17) is 0 Å². The predicted molar refractivity (Wildman–Crippen MR) is 71.0 cm³/mol. The van der Waals surface area contributed by atoms with E-state index >= 15 is 0 Å². The summed E-state index contributed by atoms with van der Waals surface area (Å²) in [7, 11) is 0. The van der Waals surface area contributed by atoms with Crippen molar-refractivity contribution >= 4 is 23.1 Å². The molecule has 0 aliphatic heterocycles. The molecule has 2 rings (SSSR count). The Morgan fingerprint density at radius 1 is 0.778 bits per heavy atom. The zero-order valence-corrected chi connectivity index (χ0v) is 16.6. The van der Waals surface area contributed by atoms with Crippen molar-refractivity contribution in [2.24, 2.45) is 0 Å². The largest absolute Gasteiger partial charge is 4.00 e. The minimum absolute atomic E-state index is 0. The van der Waals surface area contributed by atoms with Gasteiger partial charge in [-0.3, -0.25) is 12.2 Å². The van der Waals surface area contributed by atoms with E-state index in [-0.39, 0.29) is 74.1 Å². The van der Waals surface area contributed by atoms with Crippen LogP contribution in [0.15, 0.2) is 36.5 Å². The Bertz CT molecular complexity index is 158. The maximum atomic E-state index is 3.25. The summed E-state index contributed by atoms with van der Waals surface area (Å²) >= 11 is 0. The van der Waals surface area contributed by atoms with Crippen LogP contribution in [0.25, 0.3) is 0 Å². The standard InChI is InChI=1S/2C5H5.2C2H5.2ClH.Mg.Zr/c2*1-2-4-5-3-1;2*1-2;;;;/h2*1-3H,4H2;2*1H2,2H3;2*1H;;/q4*-1;;;+2;+4/p-2. The maximum absolute atomic E-state index is 3.25. The Kier molecular flexibility index (Phi) is 87.0. The van der Waals surface area contributed by atoms with Gasteiger partial charge in [0, 0.05) is 0 Å². The van der Waals surface area contributed by atoms with E-state index in [2.05, 4.69) is 38.2 Å². The van der Waals surface area contributed by atoms with Crippen molar-refractivity contribution in [3.63, 3.8) is 0 Å². The van der Waals surface area contributed by atoms with Crippen molar-refractivity contribution < 1.29 is 51.0 Å². The molecule has 0 spiro atoms. The molecule has 0 saturated heterocycles. The summed E-state index contributed by atoms with van der Waals surface area (Å²) in [5.74, 6) is 0. The van der Waals surface area contributed by atoms with Crippen LogP contribution >= 0.6 is 0 Å². The average molecular weight is 375 g/mol. The number of allylic oxidation sites excluding steroid dienone is 8. The zero-order chi connectivity index (χ0) is 11.1. The first-order valence-electron chi connectivity index (χ1n) is 4.85. The Morgan fingerprint density at radius 2 is 1.06 bits per heavy atom. The first-order chi connectivity index (χ1) is 7.00. The molecule has 96 valence electrons. The van der Waals surface area contributed by atoms with Crippen LogP contribution in [-0.2, 0) is 26.2 Å². The Labute approximate surface area is 162 Å². The molecule has 0 radical (unpaired) electrons. The van der Waals surface area contributed by atoms with Gasteiger partial charge in [-0.2, -0.15) is 26.0 Å². The summed E-state index contributed by atoms with van der Waals surface area (Å²) in [5, 5.41) is 0. The normalized spacial score (nSPS) is 10.4. The molecule has 4 heteroatoms. The summed E-state index contributed by atoms with van der Waals surface area (Å²) in [4.78, 5) is 0. The van der Waals surface area contributed by atoms with E-state index in [9.17, 15) is 0 Å². The van der Waals surface area contributed by atoms with Crippen molar-refractivity contribution in [1.29, 1.82) is 0 Å². The van der Waals surface area contributed by atoms with Gasteiger partial charge in [0.2, 0.25) is 0 Å². The molecule has 0 amide bonds. The monoisotopic (exact) mass is 372 g/mol. The van der Waals surface area contributed by atoms with E-state index in [1.165, 1.54) is 0 Å². The van der Waals surface area contributed by atoms with Crippen molar-refractivity contribution in [3.8, 4) is 0 Å². The maximum Gasteiger partial charge on any atom is 4.00 e. The third kappa shape index (κ3) is 36.0. The molecule has 0 bridgehead atoms. The van der Waals surface area contributed by atoms with Gasteiger partial charge in [-0.25, -0.2) is 24.3 Å². The summed E-state index contributed by atoms with van der Waals surface area (Å²) in [6, 6.07) is 0. The molecule has 2 aliphatic rings. The topological polar surface area (TPSA) is 0 Å². The van der Waals surface area contributed by atoms with Crippen LogP contribution in [0.4, 0.5) is 0 Å². The fraction of sp³-hybridized carbons (Fsp3) is 0.286. The van der Waals surface area contributed by atoms with Crippen LogP contribution in [0.2, 0.25) is 0 Å². The molecule has 0 fully saturated rings. The first kappa shape index (κ1) is 36.5. The second kappa shape index (κ2) is 42.9. The smallest absolute Gasteiger partial charge is 1.00 e. The molecule has 0 nitrogen and oxygen atoms in total. The Morgan fingerprint density at radius 3 is 1.11 bits per heavy atom. The van der Waals surface area contributed by atoms with Crippen molar-refractivity contribution in [2.75, 3.05) is 0 Å². The second-order valence-electron chi connectivity index (χ2n) is 2.01. The number of hydrogen-bond donors (Lipinski definition) is 0. The minimum Gasteiger partial charge on any atom is -1.00 e. The molecule has 0 heterocycles. The van der Waals surface area contributed by atoms with Crippen LogP contribution in [0.5, 0.6) is 0 Å². The van der Waals surface area contributed by atoms with E-state index in [1.54, 1.807) is 13.8 Å². The zero-order valence-electron chi connectivity index (χ0n) is 11.3. The fourth-order valence-electron chi connectivity index (χ4n) is 0.680. The summed E-state index contributed by atoms with van der Waals surface area (Å²) < 4.78 is 0. The number of hydrogen-bond acceptors (Lipinski definition) is 0.